The molecule has 512 valence electrons. The van der Waals surface area contributed by atoms with Crippen LogP contribution in [0.1, 0.15) is 73.6 Å². The van der Waals surface area contributed by atoms with Gasteiger partial charge < -0.3 is 68.3 Å². The zero-order valence-electron chi connectivity index (χ0n) is 52.4. The number of hydrogen-bond acceptors (Lipinski definition) is 13. The first kappa shape index (κ1) is 80.2. The molecule has 0 atom stereocenters. The Morgan fingerprint density at radius 3 is 0.796 bits per heavy atom. The number of hydrogen-bond donors (Lipinski definition) is 6. The second-order valence-corrected chi connectivity index (χ2v) is 25.7. The average Bonchev–Trinajstić information content (AvgIpc) is 3.48. The third kappa shape index (κ3) is 29.7. The molecule has 0 saturated carbocycles. The van der Waals surface area contributed by atoms with Gasteiger partial charge in [-0.15, -0.1) is 0 Å². The molecule has 21 nitrogen and oxygen atoms in total. The van der Waals surface area contributed by atoms with Crippen LogP contribution in [0, 0.1) is 0 Å². The summed E-state index contributed by atoms with van der Waals surface area (Å²) in [6, 6.07) is 19.9. The lowest BCUT2D eigenvalue weighted by molar-refractivity contribution is -0.148. The van der Waals surface area contributed by atoms with Crippen LogP contribution in [0.5, 0.6) is 0 Å². The van der Waals surface area contributed by atoms with Crippen LogP contribution in [-0.2, 0) is 64.0 Å². The smallest absolute Gasteiger partial charge is 0.242 e. The normalized spacial score (nSPS) is 11.1. The van der Waals surface area contributed by atoms with Gasteiger partial charge in [-0.1, -0.05) is 117 Å². The average molecular weight is 1450 g/mol. The molecule has 0 radical (unpaired) electrons. The minimum atomic E-state index is -0.731. The molecule has 0 bridgehead atoms. The topological polar surface area (TPSA) is 301 Å². The number of amides is 8. The predicted molar refractivity (Wildman–Crippen MR) is 372 cm³/mol. The summed E-state index contributed by atoms with van der Waals surface area (Å²) in [6.07, 6.45) is 4.72. The van der Waals surface area contributed by atoms with Crippen molar-refractivity contribution in [1.82, 2.24) is 39.6 Å². The van der Waals surface area contributed by atoms with Crippen LogP contribution in [0.3, 0.4) is 0 Å². The highest BCUT2D eigenvalue weighted by atomic mass is 35.5. The minimum Gasteiger partial charge on any atom is -0.368 e. The number of carbonyl (C=O) groups excluding carboxylic acids is 8. The van der Waals surface area contributed by atoms with E-state index in [0.717, 1.165) is 5.56 Å². The number of rotatable bonds is 44. The maximum absolute atomic E-state index is 15.2. The van der Waals surface area contributed by atoms with Gasteiger partial charge in [0.2, 0.25) is 47.3 Å². The Bertz CT molecular complexity index is 3100. The van der Waals surface area contributed by atoms with Crippen molar-refractivity contribution in [3.05, 3.63) is 135 Å². The van der Waals surface area contributed by atoms with Crippen LogP contribution in [0.2, 0.25) is 40.2 Å². The molecule has 0 aliphatic rings. The number of nitrogens with two attached hydrogens (primary N) is 5. The van der Waals surface area contributed by atoms with E-state index in [0.29, 0.717) is 141 Å². The number of unbranched alkanes of at least 4 members (excludes halogenated alkanes) is 4. The molecule has 0 spiro atoms. The summed E-state index contributed by atoms with van der Waals surface area (Å²) in [7, 11) is 0. The standard InChI is InChI=1S/C64H87Cl8N13O8/c65-49-13-9-45(53(69)33-49)17-25-78-37-58(87)83(30-18-46-10-14-50(66)34-54(46)70)42-63(92)85(32-20-48-12-16-52(68)36-56(48)72)44-64(93)84(31-19-47-11-15-51(67)35-55(47)71)43-62(91)82(29-8-4-24-76)41-61(90)81(28-7-3-23-75)40-60(89)80(27-6-2-22-74)39-59(88)79(38-57(77)86)26-5-1-21-73/h9-16,33-36,78H,1-8,17-32,37-44,73-76H2,(H2,77,86). The number of benzene rings is 4. The van der Waals surface area contributed by atoms with E-state index >= 15 is 14.4 Å². The summed E-state index contributed by atoms with van der Waals surface area (Å²) in [5, 5.41) is 6.25. The lowest BCUT2D eigenvalue weighted by atomic mass is 10.1. The fraction of sp³-hybridized carbons (Fsp3) is 0.500. The SMILES string of the molecule is NCCCCN(CC(N)=O)C(=O)CN(CCCCN)C(=O)CN(CCCCN)C(=O)CN(CCCCN)C(=O)CN(CCc1ccc(Cl)cc1Cl)C(=O)CN(CCc1ccc(Cl)cc1Cl)C(=O)CN(CCc1ccc(Cl)cc1Cl)C(=O)CNCCc1ccc(Cl)cc1Cl. The van der Waals surface area contributed by atoms with Crippen LogP contribution in [0.15, 0.2) is 72.8 Å². The van der Waals surface area contributed by atoms with Gasteiger partial charge >= 0.3 is 0 Å². The lowest BCUT2D eigenvalue weighted by Gasteiger charge is -2.33. The number of halogens is 8. The summed E-state index contributed by atoms with van der Waals surface area (Å²) in [4.78, 5) is 124. The van der Waals surface area contributed by atoms with Gasteiger partial charge in [0.1, 0.15) is 0 Å². The van der Waals surface area contributed by atoms with E-state index in [1.807, 2.05) is 0 Å². The lowest BCUT2D eigenvalue weighted by Crippen LogP contribution is -2.53. The minimum absolute atomic E-state index is 0.0261. The van der Waals surface area contributed by atoms with E-state index in [1.54, 1.807) is 72.8 Å². The van der Waals surface area contributed by atoms with E-state index in [9.17, 15) is 24.0 Å². The van der Waals surface area contributed by atoms with Gasteiger partial charge in [-0.2, -0.15) is 0 Å². The molecule has 11 N–H and O–H groups in total. The van der Waals surface area contributed by atoms with Crippen molar-refractivity contribution in [2.24, 2.45) is 28.7 Å². The van der Waals surface area contributed by atoms with E-state index in [2.05, 4.69) is 5.32 Å². The molecular formula is C64H87Cl8N13O8. The van der Waals surface area contributed by atoms with Crippen molar-refractivity contribution in [3.63, 3.8) is 0 Å². The van der Waals surface area contributed by atoms with Gasteiger partial charge in [-0.25, -0.2) is 0 Å². The van der Waals surface area contributed by atoms with Crippen molar-refractivity contribution in [2.45, 2.75) is 77.0 Å². The molecule has 0 aromatic heterocycles. The highest BCUT2D eigenvalue weighted by Gasteiger charge is 2.31. The zero-order chi connectivity index (χ0) is 68.4. The zero-order valence-corrected chi connectivity index (χ0v) is 58.4. The Morgan fingerprint density at radius 2 is 0.548 bits per heavy atom. The first-order chi connectivity index (χ1) is 44.5. The summed E-state index contributed by atoms with van der Waals surface area (Å²) >= 11 is 51.3. The van der Waals surface area contributed by atoms with Gasteiger partial charge in [-0.3, -0.25) is 38.4 Å². The van der Waals surface area contributed by atoms with Crippen LogP contribution < -0.4 is 34.0 Å². The van der Waals surface area contributed by atoms with Crippen molar-refractivity contribution >= 4 is 140 Å². The van der Waals surface area contributed by atoms with Crippen molar-refractivity contribution in [2.75, 3.05) is 131 Å². The van der Waals surface area contributed by atoms with E-state index in [4.69, 9.17) is 121 Å². The molecule has 8 amide bonds. The Kier molecular flexibility index (Phi) is 37.7. The number of nitrogens with one attached hydrogen (secondary N) is 1. The molecular weight excluding hydrogens is 1360 g/mol. The molecule has 0 aliphatic heterocycles. The molecule has 0 aliphatic carbocycles. The maximum atomic E-state index is 15.2. The second-order valence-electron chi connectivity index (χ2n) is 22.3. The summed E-state index contributed by atoms with van der Waals surface area (Å²) < 4.78 is 0. The molecule has 0 saturated heterocycles. The Labute approximate surface area is 585 Å². The predicted octanol–water partition coefficient (Wildman–Crippen LogP) is 7.02. The Hall–Kier alpha value is -5.24. The maximum Gasteiger partial charge on any atom is 0.242 e. The van der Waals surface area contributed by atoms with Gasteiger partial charge in [0.05, 0.1) is 52.4 Å². The Balaban J connectivity index is 1.71. The van der Waals surface area contributed by atoms with E-state index < -0.39 is 86.5 Å². The van der Waals surface area contributed by atoms with Crippen LogP contribution in [-0.4, -0.2) is 212 Å². The molecule has 0 heterocycles. The summed E-state index contributed by atoms with van der Waals surface area (Å²) in [6.45, 7) is -1.79. The molecule has 0 fully saturated rings. The fourth-order valence-corrected chi connectivity index (χ4v) is 11.8. The Morgan fingerprint density at radius 1 is 0.312 bits per heavy atom. The molecule has 93 heavy (non-hydrogen) atoms. The molecule has 0 unspecified atom stereocenters. The second kappa shape index (κ2) is 43.8. The van der Waals surface area contributed by atoms with Crippen LogP contribution >= 0.6 is 92.8 Å². The highest BCUT2D eigenvalue weighted by Crippen LogP contribution is 2.26. The summed E-state index contributed by atoms with van der Waals surface area (Å²) in [5.74, 6) is -4.78. The monoisotopic (exact) mass is 1450 g/mol. The van der Waals surface area contributed by atoms with Crippen molar-refractivity contribution in [3.8, 4) is 0 Å². The van der Waals surface area contributed by atoms with Crippen molar-refractivity contribution < 1.29 is 38.4 Å². The largest absolute Gasteiger partial charge is 0.368 e. The molecule has 4 aromatic rings. The molecule has 4 rings (SSSR count). The van der Waals surface area contributed by atoms with E-state index in [1.165, 1.54) is 34.3 Å². The van der Waals surface area contributed by atoms with Gasteiger partial charge in [-0.05, 0) is 181 Å². The number of carbonyl (C=O) groups is 8. The third-order valence-corrected chi connectivity index (χ3v) is 17.5. The number of nitrogens with zero attached hydrogens (tertiary/aromatic N) is 7. The quantitative estimate of drug-likeness (QED) is 0.0243. The molecule has 4 aromatic carbocycles. The first-order valence-corrected chi connectivity index (χ1v) is 34.0. The van der Waals surface area contributed by atoms with Crippen LogP contribution in [0.4, 0.5) is 0 Å². The van der Waals surface area contributed by atoms with Crippen LogP contribution in [0.25, 0.3) is 0 Å². The summed E-state index contributed by atoms with van der Waals surface area (Å²) in [5.41, 5.74) is 31.5. The fourth-order valence-electron chi connectivity index (χ4n) is 9.79. The third-order valence-electron chi connectivity index (χ3n) is 15.2. The van der Waals surface area contributed by atoms with Gasteiger partial charge in [0, 0.05) is 86.0 Å². The van der Waals surface area contributed by atoms with Gasteiger partial charge in [0.25, 0.3) is 0 Å². The molecule has 29 heteroatoms. The highest BCUT2D eigenvalue weighted by molar-refractivity contribution is 6.36. The first-order valence-electron chi connectivity index (χ1n) is 31.0. The van der Waals surface area contributed by atoms with Gasteiger partial charge in [0.15, 0.2) is 0 Å². The van der Waals surface area contributed by atoms with E-state index in [-0.39, 0.29) is 84.7 Å². The van der Waals surface area contributed by atoms with Crippen molar-refractivity contribution in [1.29, 1.82) is 0 Å². The number of primary amides is 1.